The number of amides is 4. The minimum atomic E-state index is -1.21. The van der Waals surface area contributed by atoms with Crippen LogP contribution in [-0.4, -0.2) is 58.6 Å². The molecule has 2 aromatic rings. The van der Waals surface area contributed by atoms with E-state index in [1.165, 1.54) is 24.1 Å². The van der Waals surface area contributed by atoms with Crippen LogP contribution < -0.4 is 21.1 Å². The van der Waals surface area contributed by atoms with Crippen molar-refractivity contribution in [1.29, 1.82) is 0 Å². The third kappa shape index (κ3) is 11.5. The number of methoxy groups -OCH3 is 1. The molecule has 0 aliphatic heterocycles. The molecule has 0 radical (unpaired) electrons. The van der Waals surface area contributed by atoms with Crippen molar-refractivity contribution < 1.29 is 33.8 Å². The van der Waals surface area contributed by atoms with E-state index in [0.717, 1.165) is 6.42 Å². The number of hydrogen-bond acceptors (Lipinski definition) is 7. The highest BCUT2D eigenvalue weighted by Gasteiger charge is 2.39. The Kier molecular flexibility index (Phi) is 12.8. The highest BCUT2D eigenvalue weighted by Crippen LogP contribution is 2.30. The maximum absolute atomic E-state index is 14.4. The Balaban J connectivity index is 2.61. The van der Waals surface area contributed by atoms with E-state index in [0.29, 0.717) is 29.3 Å². The zero-order valence-electron chi connectivity index (χ0n) is 26.2. The molecule has 0 saturated heterocycles. The first-order valence-corrected chi connectivity index (χ1v) is 14.4. The molecule has 0 aliphatic carbocycles. The van der Waals surface area contributed by atoms with Gasteiger partial charge in [0.25, 0.3) is 5.91 Å². The van der Waals surface area contributed by atoms with Crippen molar-refractivity contribution in [2.45, 2.75) is 91.0 Å². The van der Waals surface area contributed by atoms with Gasteiger partial charge in [-0.1, -0.05) is 26.0 Å². The molecule has 0 heterocycles. The smallest absolute Gasteiger partial charge is 0.408 e. The number of nitrogens with one attached hydrogen (secondary N) is 2. The van der Waals surface area contributed by atoms with Crippen LogP contribution in [0.25, 0.3) is 0 Å². The first-order valence-electron chi connectivity index (χ1n) is 14.4. The topological polar surface area (TPSA) is 160 Å². The number of nitrogens with zero attached hydrogens (tertiary/aromatic N) is 1. The number of benzene rings is 2. The number of aromatic hydroxyl groups is 1. The van der Waals surface area contributed by atoms with Crippen molar-refractivity contribution in [1.82, 2.24) is 10.2 Å². The zero-order chi connectivity index (χ0) is 32.3. The lowest BCUT2D eigenvalue weighted by Gasteiger charge is -2.39. The third-order valence-corrected chi connectivity index (χ3v) is 6.65. The van der Waals surface area contributed by atoms with Gasteiger partial charge in [0.15, 0.2) is 0 Å². The van der Waals surface area contributed by atoms with E-state index >= 15 is 0 Å². The molecule has 2 aromatic carbocycles. The Bertz CT molecular complexity index is 1220. The molecule has 0 spiro atoms. The molecule has 0 bridgehead atoms. The number of phenols is 1. The standard InChI is InChI=1S/C32H46N4O7/c1-20(2)8-9-21(3)36(30(40)26(18-19-27(33)38)35-31(41)43-32(4,5)6)28(22-10-14-24(37)15-11-22)29(39)34-23-12-16-25(42-7)17-13-23/h10-17,20-21,26,28,37H,8-9,18-19H2,1-7H3,(H2,33,38)(H,34,39)(H,35,41). The second-order valence-corrected chi connectivity index (χ2v) is 12.0. The summed E-state index contributed by atoms with van der Waals surface area (Å²) in [6.07, 6.45) is 0.210. The third-order valence-electron chi connectivity index (χ3n) is 6.65. The van der Waals surface area contributed by atoms with E-state index in [9.17, 15) is 24.3 Å². The molecule has 0 aliphatic rings. The summed E-state index contributed by atoms with van der Waals surface area (Å²) in [7, 11) is 1.54. The van der Waals surface area contributed by atoms with Crippen molar-refractivity contribution in [3.63, 3.8) is 0 Å². The number of carbonyl (C=O) groups excluding carboxylic acids is 4. The average Bonchev–Trinajstić information content (AvgIpc) is 2.92. The number of hydrogen-bond donors (Lipinski definition) is 4. The number of carbonyl (C=O) groups is 4. The number of primary amides is 1. The first kappa shape index (κ1) is 34.9. The van der Waals surface area contributed by atoms with Crippen LogP contribution in [0.15, 0.2) is 48.5 Å². The molecule has 43 heavy (non-hydrogen) atoms. The second kappa shape index (κ2) is 15.8. The molecule has 3 unspecified atom stereocenters. The number of ether oxygens (including phenoxy) is 2. The maximum atomic E-state index is 14.4. The SMILES string of the molecule is COc1ccc(NC(=O)C(c2ccc(O)cc2)N(C(=O)C(CCC(N)=O)NC(=O)OC(C)(C)C)C(C)CCC(C)C)cc1. The van der Waals surface area contributed by atoms with Crippen LogP contribution in [0.4, 0.5) is 10.5 Å². The summed E-state index contributed by atoms with van der Waals surface area (Å²) in [5, 5.41) is 15.5. The largest absolute Gasteiger partial charge is 0.508 e. The van der Waals surface area contributed by atoms with Gasteiger partial charge in [-0.15, -0.1) is 0 Å². The first-order chi connectivity index (χ1) is 20.1. The van der Waals surface area contributed by atoms with Crippen LogP contribution in [0.3, 0.4) is 0 Å². The molecule has 0 fully saturated rings. The summed E-state index contributed by atoms with van der Waals surface area (Å²) in [6, 6.07) is 9.94. The zero-order valence-corrected chi connectivity index (χ0v) is 26.2. The highest BCUT2D eigenvalue weighted by atomic mass is 16.6. The lowest BCUT2D eigenvalue weighted by atomic mass is 9.96. The van der Waals surface area contributed by atoms with Gasteiger partial charge in [0, 0.05) is 18.2 Å². The van der Waals surface area contributed by atoms with Gasteiger partial charge in [-0.3, -0.25) is 14.4 Å². The second-order valence-electron chi connectivity index (χ2n) is 12.0. The van der Waals surface area contributed by atoms with Gasteiger partial charge < -0.3 is 35.8 Å². The van der Waals surface area contributed by atoms with E-state index in [1.807, 2.05) is 6.92 Å². The van der Waals surface area contributed by atoms with E-state index in [2.05, 4.69) is 24.5 Å². The maximum Gasteiger partial charge on any atom is 0.408 e. The van der Waals surface area contributed by atoms with Crippen molar-refractivity contribution in [2.75, 3.05) is 12.4 Å². The summed E-state index contributed by atoms with van der Waals surface area (Å²) in [4.78, 5) is 54.4. The summed E-state index contributed by atoms with van der Waals surface area (Å²) in [5.74, 6) is -0.800. The lowest BCUT2D eigenvalue weighted by Crippen LogP contribution is -2.55. The van der Waals surface area contributed by atoms with Crippen LogP contribution in [0.2, 0.25) is 0 Å². The van der Waals surface area contributed by atoms with Crippen molar-refractivity contribution >= 4 is 29.5 Å². The van der Waals surface area contributed by atoms with Crippen molar-refractivity contribution in [2.24, 2.45) is 11.7 Å². The summed E-state index contributed by atoms with van der Waals surface area (Å²) < 4.78 is 10.6. The fourth-order valence-electron chi connectivity index (χ4n) is 4.47. The Morgan fingerprint density at radius 2 is 1.53 bits per heavy atom. The van der Waals surface area contributed by atoms with Crippen LogP contribution in [-0.2, 0) is 19.1 Å². The van der Waals surface area contributed by atoms with E-state index in [4.69, 9.17) is 15.2 Å². The Morgan fingerprint density at radius 3 is 2.05 bits per heavy atom. The Hall–Kier alpha value is -4.28. The van der Waals surface area contributed by atoms with Gasteiger partial charge >= 0.3 is 6.09 Å². The fraction of sp³-hybridized carbons (Fsp3) is 0.500. The molecule has 11 nitrogen and oxygen atoms in total. The van der Waals surface area contributed by atoms with E-state index < -0.39 is 47.5 Å². The van der Waals surface area contributed by atoms with E-state index in [-0.39, 0.29) is 18.6 Å². The molecule has 3 atom stereocenters. The molecule has 11 heteroatoms. The van der Waals surface area contributed by atoms with Crippen molar-refractivity contribution in [3.8, 4) is 11.5 Å². The van der Waals surface area contributed by atoms with Crippen LogP contribution in [0.1, 0.15) is 78.8 Å². The number of phenolic OH excluding ortho intramolecular Hbond substituents is 1. The number of alkyl carbamates (subject to hydrolysis) is 1. The van der Waals surface area contributed by atoms with Gasteiger partial charge in [0.05, 0.1) is 7.11 Å². The fourth-order valence-corrected chi connectivity index (χ4v) is 4.47. The lowest BCUT2D eigenvalue weighted by molar-refractivity contribution is -0.143. The molecule has 0 saturated carbocycles. The molecule has 236 valence electrons. The van der Waals surface area contributed by atoms with Crippen LogP contribution in [0, 0.1) is 5.92 Å². The monoisotopic (exact) mass is 598 g/mol. The minimum absolute atomic E-state index is 0.00489. The molecular weight excluding hydrogens is 552 g/mol. The van der Waals surface area contributed by atoms with Gasteiger partial charge in [-0.05, 0) is 94.8 Å². The van der Waals surface area contributed by atoms with Crippen LogP contribution in [0.5, 0.6) is 11.5 Å². The Morgan fingerprint density at radius 1 is 0.930 bits per heavy atom. The van der Waals surface area contributed by atoms with Crippen LogP contribution >= 0.6 is 0 Å². The summed E-state index contributed by atoms with van der Waals surface area (Å²) in [5.41, 5.74) is 5.50. The van der Waals surface area contributed by atoms with Gasteiger partial charge in [0.2, 0.25) is 11.8 Å². The Labute approximate surface area is 254 Å². The molecular formula is C32H46N4O7. The quantitative estimate of drug-likeness (QED) is 0.241. The highest BCUT2D eigenvalue weighted by molar-refractivity contribution is 5.99. The minimum Gasteiger partial charge on any atom is -0.508 e. The number of nitrogens with two attached hydrogens (primary N) is 1. The average molecular weight is 599 g/mol. The predicted octanol–water partition coefficient (Wildman–Crippen LogP) is 4.89. The summed E-state index contributed by atoms with van der Waals surface area (Å²) >= 11 is 0. The molecule has 5 N–H and O–H groups in total. The van der Waals surface area contributed by atoms with Gasteiger partial charge in [-0.2, -0.15) is 0 Å². The van der Waals surface area contributed by atoms with E-state index in [1.54, 1.807) is 57.2 Å². The number of rotatable bonds is 14. The molecule has 0 aromatic heterocycles. The number of anilines is 1. The van der Waals surface area contributed by atoms with Gasteiger partial charge in [0.1, 0.15) is 29.2 Å². The summed E-state index contributed by atoms with van der Waals surface area (Å²) in [6.45, 7) is 11.0. The predicted molar refractivity (Wildman–Crippen MR) is 164 cm³/mol. The normalized spacial score (nSPS) is 13.4. The molecule has 4 amide bonds. The van der Waals surface area contributed by atoms with Gasteiger partial charge in [-0.25, -0.2) is 4.79 Å². The van der Waals surface area contributed by atoms with Crippen molar-refractivity contribution in [3.05, 3.63) is 54.1 Å². The molecule has 2 rings (SSSR count).